The molecule has 4 nitrogen and oxygen atoms in total. The molecule has 90 valence electrons. The molecule has 0 aliphatic rings. The molecule has 1 heterocycles. The van der Waals surface area contributed by atoms with Crippen LogP contribution >= 0.6 is 11.6 Å². The van der Waals surface area contributed by atoms with Gasteiger partial charge < -0.3 is 9.88 Å². The molecule has 0 saturated heterocycles. The van der Waals surface area contributed by atoms with E-state index in [1.807, 2.05) is 20.9 Å². The lowest BCUT2D eigenvalue weighted by Gasteiger charge is -2.30. The maximum atomic E-state index is 11.9. The minimum Gasteiger partial charge on any atom is -0.344 e. The fourth-order valence-corrected chi connectivity index (χ4v) is 1.93. The molecule has 0 atom stereocenters. The molecule has 1 N–H and O–H groups in total. The van der Waals surface area contributed by atoms with E-state index in [1.165, 1.54) is 0 Å². The number of hydrogen-bond donors (Lipinski definition) is 1. The molecule has 16 heavy (non-hydrogen) atoms. The Morgan fingerprint density at radius 1 is 1.56 bits per heavy atom. The van der Waals surface area contributed by atoms with Gasteiger partial charge in [-0.15, -0.1) is 11.6 Å². The predicted octanol–water partition coefficient (Wildman–Crippen LogP) is 1.95. The number of nitrogens with one attached hydrogen (secondary N) is 1. The molecule has 1 rings (SSSR count). The van der Waals surface area contributed by atoms with Crippen LogP contribution in [0.15, 0.2) is 12.5 Å². The van der Waals surface area contributed by atoms with Gasteiger partial charge in [0, 0.05) is 19.1 Å². The first kappa shape index (κ1) is 13.0. The van der Waals surface area contributed by atoms with Gasteiger partial charge in [0.25, 0.3) is 5.91 Å². The minimum absolute atomic E-state index is 0.162. The lowest BCUT2D eigenvalue weighted by Crippen LogP contribution is -2.49. The van der Waals surface area contributed by atoms with Crippen molar-refractivity contribution in [3.05, 3.63) is 18.2 Å². The van der Waals surface area contributed by atoms with E-state index in [4.69, 9.17) is 11.6 Å². The Balaban J connectivity index is 2.76. The van der Waals surface area contributed by atoms with Gasteiger partial charge in [-0.25, -0.2) is 4.98 Å². The van der Waals surface area contributed by atoms with Gasteiger partial charge in [0.15, 0.2) is 0 Å². The first-order valence-electron chi connectivity index (χ1n) is 5.43. The number of hydrogen-bond acceptors (Lipinski definition) is 2. The number of aromatic nitrogens is 2. The lowest BCUT2D eigenvalue weighted by molar-refractivity contribution is 0.0897. The second-order valence-corrected chi connectivity index (χ2v) is 4.27. The minimum atomic E-state index is -0.323. The predicted molar refractivity (Wildman–Crippen MR) is 64.7 cm³/mol. The summed E-state index contributed by atoms with van der Waals surface area (Å²) in [5.41, 5.74) is 0.106. The van der Waals surface area contributed by atoms with Crippen molar-refractivity contribution in [2.75, 3.05) is 5.88 Å². The third-order valence-electron chi connectivity index (χ3n) is 2.93. The molecule has 0 fully saturated rings. The number of nitrogens with zero attached hydrogens (tertiary/aromatic N) is 2. The molecule has 0 unspecified atom stereocenters. The molecular formula is C11H18ClN3O. The van der Waals surface area contributed by atoms with Crippen LogP contribution in [0.4, 0.5) is 0 Å². The fraction of sp³-hybridized carbons (Fsp3) is 0.636. The number of carbonyl (C=O) groups is 1. The van der Waals surface area contributed by atoms with Crippen LogP contribution in [-0.4, -0.2) is 26.9 Å². The van der Waals surface area contributed by atoms with Crippen LogP contribution in [0.5, 0.6) is 0 Å². The summed E-state index contributed by atoms with van der Waals surface area (Å²) < 4.78 is 1.75. The molecule has 0 spiro atoms. The van der Waals surface area contributed by atoms with Crippen LogP contribution in [0.1, 0.15) is 37.2 Å². The largest absolute Gasteiger partial charge is 0.344 e. The summed E-state index contributed by atoms with van der Waals surface area (Å²) >= 11 is 5.92. The van der Waals surface area contributed by atoms with Crippen LogP contribution in [0, 0.1) is 0 Å². The highest BCUT2D eigenvalue weighted by atomic mass is 35.5. The average Bonchev–Trinajstić information content (AvgIpc) is 2.73. The van der Waals surface area contributed by atoms with Gasteiger partial charge in [0.1, 0.15) is 5.69 Å². The smallest absolute Gasteiger partial charge is 0.271 e. The summed E-state index contributed by atoms with van der Waals surface area (Å²) in [5.74, 6) is 0.253. The van der Waals surface area contributed by atoms with Gasteiger partial charge in [-0.2, -0.15) is 0 Å². The van der Waals surface area contributed by atoms with Crippen molar-refractivity contribution >= 4 is 17.5 Å². The van der Waals surface area contributed by atoms with Crippen LogP contribution in [0.2, 0.25) is 0 Å². The van der Waals surface area contributed by atoms with Crippen LogP contribution in [0.3, 0.4) is 0 Å². The SMILES string of the molecule is CCC(CC)(CCl)NC(=O)c1cn(C)cn1. The van der Waals surface area contributed by atoms with E-state index in [-0.39, 0.29) is 11.4 Å². The Kier molecular flexibility index (Phi) is 4.35. The molecule has 0 aromatic carbocycles. The highest BCUT2D eigenvalue weighted by Crippen LogP contribution is 2.17. The van der Waals surface area contributed by atoms with Crippen molar-refractivity contribution in [2.24, 2.45) is 7.05 Å². The number of amides is 1. The molecule has 1 aromatic rings. The zero-order valence-corrected chi connectivity index (χ0v) is 10.7. The summed E-state index contributed by atoms with van der Waals surface area (Å²) in [6.45, 7) is 4.04. The van der Waals surface area contributed by atoms with Gasteiger partial charge in [-0.1, -0.05) is 13.8 Å². The maximum Gasteiger partial charge on any atom is 0.271 e. The van der Waals surface area contributed by atoms with E-state index in [0.29, 0.717) is 11.6 Å². The van der Waals surface area contributed by atoms with Crippen molar-refractivity contribution in [2.45, 2.75) is 32.2 Å². The van der Waals surface area contributed by atoms with Gasteiger partial charge in [0.2, 0.25) is 0 Å². The van der Waals surface area contributed by atoms with E-state index in [0.717, 1.165) is 12.8 Å². The Morgan fingerprint density at radius 2 is 2.19 bits per heavy atom. The molecular weight excluding hydrogens is 226 g/mol. The molecule has 5 heteroatoms. The highest BCUT2D eigenvalue weighted by molar-refractivity contribution is 6.18. The van der Waals surface area contributed by atoms with Crippen LogP contribution < -0.4 is 5.32 Å². The van der Waals surface area contributed by atoms with Crippen molar-refractivity contribution < 1.29 is 4.79 Å². The monoisotopic (exact) mass is 243 g/mol. The second-order valence-electron chi connectivity index (χ2n) is 4.00. The normalized spacial score (nSPS) is 11.5. The highest BCUT2D eigenvalue weighted by Gasteiger charge is 2.28. The summed E-state index contributed by atoms with van der Waals surface area (Å²) in [4.78, 5) is 15.9. The Bertz CT molecular complexity index is 350. The molecule has 0 radical (unpaired) electrons. The van der Waals surface area contributed by atoms with Crippen LogP contribution in [0.25, 0.3) is 0 Å². The van der Waals surface area contributed by atoms with E-state index in [2.05, 4.69) is 10.3 Å². The number of imidazole rings is 1. The number of rotatable bonds is 5. The Hall–Kier alpha value is -1.03. The van der Waals surface area contributed by atoms with E-state index in [9.17, 15) is 4.79 Å². The van der Waals surface area contributed by atoms with Crippen molar-refractivity contribution in [3.8, 4) is 0 Å². The number of carbonyl (C=O) groups excluding carboxylic acids is 1. The zero-order valence-electron chi connectivity index (χ0n) is 9.96. The van der Waals surface area contributed by atoms with E-state index < -0.39 is 0 Å². The molecule has 1 aromatic heterocycles. The Labute approximate surface area is 101 Å². The maximum absolute atomic E-state index is 11.9. The third-order valence-corrected chi connectivity index (χ3v) is 3.44. The second kappa shape index (κ2) is 5.34. The van der Waals surface area contributed by atoms with Gasteiger partial charge in [-0.3, -0.25) is 4.79 Å². The number of halogens is 1. The van der Waals surface area contributed by atoms with Crippen molar-refractivity contribution in [1.82, 2.24) is 14.9 Å². The summed E-state index contributed by atoms with van der Waals surface area (Å²) in [6, 6.07) is 0. The first-order chi connectivity index (χ1) is 7.56. The average molecular weight is 244 g/mol. The summed E-state index contributed by atoms with van der Waals surface area (Å²) in [5, 5.41) is 2.96. The third kappa shape index (κ3) is 2.76. The standard InChI is InChI=1S/C11H18ClN3O/c1-4-11(5-2,7-12)14-10(16)9-6-15(3)8-13-9/h6,8H,4-5,7H2,1-3H3,(H,14,16). The number of aryl methyl sites for hydroxylation is 1. The molecule has 0 aliphatic carbocycles. The molecule has 1 amide bonds. The Morgan fingerprint density at radius 3 is 2.56 bits per heavy atom. The van der Waals surface area contributed by atoms with Crippen molar-refractivity contribution in [3.63, 3.8) is 0 Å². The molecule has 0 bridgehead atoms. The quantitative estimate of drug-likeness (QED) is 0.804. The van der Waals surface area contributed by atoms with E-state index >= 15 is 0 Å². The number of alkyl halides is 1. The zero-order chi connectivity index (χ0) is 12.2. The van der Waals surface area contributed by atoms with Gasteiger partial charge >= 0.3 is 0 Å². The lowest BCUT2D eigenvalue weighted by atomic mass is 9.95. The first-order valence-corrected chi connectivity index (χ1v) is 5.96. The molecule has 0 aliphatic heterocycles. The summed E-state index contributed by atoms with van der Waals surface area (Å²) in [7, 11) is 1.83. The van der Waals surface area contributed by atoms with E-state index in [1.54, 1.807) is 17.1 Å². The fourth-order valence-electron chi connectivity index (χ4n) is 1.48. The topological polar surface area (TPSA) is 46.9 Å². The van der Waals surface area contributed by atoms with Gasteiger partial charge in [-0.05, 0) is 12.8 Å². The summed E-state index contributed by atoms with van der Waals surface area (Å²) in [6.07, 6.45) is 4.92. The van der Waals surface area contributed by atoms with Gasteiger partial charge in [0.05, 0.1) is 11.9 Å². The molecule has 0 saturated carbocycles. The van der Waals surface area contributed by atoms with Crippen molar-refractivity contribution in [1.29, 1.82) is 0 Å². The van der Waals surface area contributed by atoms with Crippen LogP contribution in [-0.2, 0) is 7.05 Å².